The van der Waals surface area contributed by atoms with Gasteiger partial charge in [-0.3, -0.25) is 4.31 Å². The number of fused-ring (bicyclic) bond motifs is 1. The number of alkyl halides is 1. The zero-order valence-electron chi connectivity index (χ0n) is 17.9. The first-order valence-corrected chi connectivity index (χ1v) is 12.7. The smallest absolute Gasteiger partial charge is 0.346 e. The van der Waals surface area contributed by atoms with Gasteiger partial charge in [-0.25, -0.2) is 28.0 Å². The van der Waals surface area contributed by atoms with Crippen LogP contribution >= 0.6 is 23.2 Å². The summed E-state index contributed by atoms with van der Waals surface area (Å²) in [6.45, 7) is 1.86. The summed E-state index contributed by atoms with van der Waals surface area (Å²) in [4.78, 5) is 11.6. The van der Waals surface area contributed by atoms with Gasteiger partial charge in [0, 0.05) is 24.7 Å². The fourth-order valence-electron chi connectivity index (χ4n) is 3.77. The van der Waals surface area contributed by atoms with Crippen LogP contribution in [0.25, 0.3) is 0 Å². The third-order valence-corrected chi connectivity index (χ3v) is 8.68. The first-order chi connectivity index (χ1) is 16.1. The highest BCUT2D eigenvalue weighted by atomic mass is 35.5. The fourth-order valence-corrected chi connectivity index (χ4v) is 6.41. The quantitative estimate of drug-likeness (QED) is 0.413. The van der Waals surface area contributed by atoms with Gasteiger partial charge in [0.1, 0.15) is 34.7 Å². The highest BCUT2D eigenvalue weighted by Gasteiger charge is 2.46. The highest BCUT2D eigenvalue weighted by molar-refractivity contribution is 7.93. The standard InChI is InChI=1S/C21H22Cl2FN3O6S/c1-2-26-10-19(20(23)25-26)34(30,31)27-9-18(21(28)29)33-17-7-6-12(8-16(17)27)32-11-13-14(22)4-3-5-15(13)24/h3-8,18-20,25H,2,9-11H2,1H3,(H,28,29). The molecule has 4 rings (SSSR count). The van der Waals surface area contributed by atoms with Crippen molar-refractivity contribution in [2.45, 2.75) is 30.4 Å². The molecule has 0 aromatic heterocycles. The summed E-state index contributed by atoms with van der Waals surface area (Å²) < 4.78 is 53.4. The van der Waals surface area contributed by atoms with Crippen LogP contribution in [0.5, 0.6) is 11.5 Å². The van der Waals surface area contributed by atoms with Crippen LogP contribution in [-0.2, 0) is 21.4 Å². The Labute approximate surface area is 206 Å². The number of aliphatic carboxylic acids is 1. The van der Waals surface area contributed by atoms with E-state index in [2.05, 4.69) is 5.43 Å². The monoisotopic (exact) mass is 533 g/mol. The Morgan fingerprint density at radius 2 is 2.09 bits per heavy atom. The molecule has 9 nitrogen and oxygen atoms in total. The molecule has 2 aromatic rings. The molecule has 2 aliphatic rings. The second-order valence-corrected chi connectivity index (χ2v) is 10.7. The van der Waals surface area contributed by atoms with Crippen LogP contribution in [0.2, 0.25) is 5.02 Å². The Kier molecular flexibility index (Phi) is 7.11. The number of nitrogens with one attached hydrogen (secondary N) is 1. The maximum Gasteiger partial charge on any atom is 0.346 e. The molecule has 34 heavy (non-hydrogen) atoms. The Morgan fingerprint density at radius 1 is 1.32 bits per heavy atom. The van der Waals surface area contributed by atoms with Crippen LogP contribution in [-0.4, -0.2) is 61.0 Å². The van der Waals surface area contributed by atoms with E-state index in [1.165, 1.54) is 36.4 Å². The molecule has 13 heteroatoms. The number of nitrogens with zero attached hydrogens (tertiary/aromatic N) is 2. The molecule has 2 aromatic carbocycles. The molecule has 2 heterocycles. The second kappa shape index (κ2) is 9.74. The SMILES string of the molecule is CCN1CC(S(=O)(=O)N2CC(C(=O)O)Oc3ccc(OCc4c(F)cccc4Cl)cc32)C(Cl)N1. The van der Waals surface area contributed by atoms with Crippen LogP contribution in [0.3, 0.4) is 0 Å². The fraction of sp³-hybridized carbons (Fsp3) is 0.381. The van der Waals surface area contributed by atoms with Gasteiger partial charge in [0.15, 0.2) is 0 Å². The zero-order valence-corrected chi connectivity index (χ0v) is 20.3. The molecular formula is C21H22Cl2FN3O6S. The molecule has 1 saturated heterocycles. The van der Waals surface area contributed by atoms with Gasteiger partial charge < -0.3 is 14.6 Å². The lowest BCUT2D eigenvalue weighted by Crippen LogP contribution is -2.51. The predicted octanol–water partition coefficient (Wildman–Crippen LogP) is 2.81. The van der Waals surface area contributed by atoms with Crippen LogP contribution in [0, 0.1) is 5.82 Å². The number of anilines is 1. The number of rotatable bonds is 7. The number of hydrazine groups is 1. The van der Waals surface area contributed by atoms with Crippen molar-refractivity contribution in [3.63, 3.8) is 0 Å². The Balaban J connectivity index is 1.66. The maximum atomic E-state index is 14.1. The molecule has 2 N–H and O–H groups in total. The van der Waals surface area contributed by atoms with E-state index in [-0.39, 0.29) is 40.9 Å². The molecule has 184 valence electrons. The lowest BCUT2D eigenvalue weighted by molar-refractivity contribution is -0.144. The number of benzene rings is 2. The Hall–Kier alpha value is -2.31. The highest BCUT2D eigenvalue weighted by Crippen LogP contribution is 2.40. The minimum Gasteiger partial charge on any atom is -0.489 e. The van der Waals surface area contributed by atoms with Crippen LogP contribution < -0.4 is 19.2 Å². The van der Waals surface area contributed by atoms with Crippen LogP contribution in [0.4, 0.5) is 10.1 Å². The first-order valence-electron chi connectivity index (χ1n) is 10.4. The summed E-state index contributed by atoms with van der Waals surface area (Å²) >= 11 is 12.3. The lowest BCUT2D eigenvalue weighted by Gasteiger charge is -2.35. The van der Waals surface area contributed by atoms with Crippen molar-refractivity contribution >= 4 is 44.9 Å². The number of sulfonamides is 1. The predicted molar refractivity (Wildman–Crippen MR) is 124 cm³/mol. The van der Waals surface area contributed by atoms with Gasteiger partial charge in [0.25, 0.3) is 0 Å². The van der Waals surface area contributed by atoms with Crippen molar-refractivity contribution in [2.24, 2.45) is 0 Å². The number of hydrogen-bond donors (Lipinski definition) is 2. The molecule has 0 bridgehead atoms. The molecule has 0 radical (unpaired) electrons. The number of hydrogen-bond acceptors (Lipinski definition) is 7. The summed E-state index contributed by atoms with van der Waals surface area (Å²) in [6.07, 6.45) is -1.41. The number of carboxylic acid groups (broad SMARTS) is 1. The van der Waals surface area contributed by atoms with Gasteiger partial charge in [-0.15, -0.1) is 11.6 Å². The lowest BCUT2D eigenvalue weighted by atomic mass is 10.2. The molecule has 0 aliphatic carbocycles. The molecule has 0 amide bonds. The van der Waals surface area contributed by atoms with Crippen LogP contribution in [0.15, 0.2) is 36.4 Å². The molecule has 2 aliphatic heterocycles. The Bertz CT molecular complexity index is 1180. The van der Waals surface area contributed by atoms with E-state index in [1.54, 1.807) is 5.01 Å². The largest absolute Gasteiger partial charge is 0.489 e. The molecule has 3 unspecified atom stereocenters. The minimum absolute atomic E-state index is 0.0583. The van der Waals surface area contributed by atoms with Crippen molar-refractivity contribution in [1.82, 2.24) is 10.4 Å². The van der Waals surface area contributed by atoms with Crippen LogP contribution in [0.1, 0.15) is 12.5 Å². The second-order valence-electron chi connectivity index (χ2n) is 7.75. The average Bonchev–Trinajstić information content (AvgIpc) is 3.19. The van der Waals surface area contributed by atoms with E-state index < -0.39 is 45.2 Å². The third kappa shape index (κ3) is 4.76. The third-order valence-electron chi connectivity index (χ3n) is 5.62. The van der Waals surface area contributed by atoms with Crippen molar-refractivity contribution in [3.05, 3.63) is 52.8 Å². The summed E-state index contributed by atoms with van der Waals surface area (Å²) in [6, 6.07) is 8.55. The van der Waals surface area contributed by atoms with E-state index in [1.807, 2.05) is 6.92 Å². The van der Waals surface area contributed by atoms with E-state index in [0.29, 0.717) is 6.54 Å². The normalized spacial score (nSPS) is 22.8. The van der Waals surface area contributed by atoms with Crippen molar-refractivity contribution in [3.8, 4) is 11.5 Å². The van der Waals surface area contributed by atoms with Gasteiger partial charge in [-0.05, 0) is 24.3 Å². The molecular weight excluding hydrogens is 512 g/mol. The summed E-state index contributed by atoms with van der Waals surface area (Å²) in [7, 11) is -4.11. The minimum atomic E-state index is -4.11. The van der Waals surface area contributed by atoms with E-state index in [9.17, 15) is 22.7 Å². The summed E-state index contributed by atoms with van der Waals surface area (Å²) in [5.41, 5.74) is 2.24. The number of ether oxygens (including phenoxy) is 2. The molecule has 3 atom stereocenters. The zero-order chi connectivity index (χ0) is 24.6. The van der Waals surface area contributed by atoms with E-state index in [4.69, 9.17) is 32.7 Å². The van der Waals surface area contributed by atoms with Crippen molar-refractivity contribution in [1.29, 1.82) is 0 Å². The molecule has 1 fully saturated rings. The summed E-state index contributed by atoms with van der Waals surface area (Å²) in [5, 5.41) is 10.3. The number of carbonyl (C=O) groups is 1. The van der Waals surface area contributed by atoms with Gasteiger partial charge in [-0.2, -0.15) is 0 Å². The van der Waals surface area contributed by atoms with E-state index in [0.717, 1.165) is 4.31 Å². The molecule has 0 saturated carbocycles. The first kappa shape index (κ1) is 24.8. The topological polar surface area (TPSA) is 108 Å². The number of halogens is 3. The van der Waals surface area contributed by atoms with Gasteiger partial charge in [0.05, 0.1) is 17.3 Å². The number of carboxylic acids is 1. The van der Waals surface area contributed by atoms with Gasteiger partial charge in [-0.1, -0.05) is 24.6 Å². The molecule has 0 spiro atoms. The van der Waals surface area contributed by atoms with Crippen molar-refractivity contribution in [2.75, 3.05) is 23.9 Å². The summed E-state index contributed by atoms with van der Waals surface area (Å²) in [5.74, 6) is -1.56. The van der Waals surface area contributed by atoms with Gasteiger partial charge in [0.2, 0.25) is 16.1 Å². The van der Waals surface area contributed by atoms with Gasteiger partial charge >= 0.3 is 5.97 Å². The van der Waals surface area contributed by atoms with Crippen molar-refractivity contribution < 1.29 is 32.2 Å². The average molecular weight is 534 g/mol. The van der Waals surface area contributed by atoms with E-state index >= 15 is 0 Å². The maximum absolute atomic E-state index is 14.1. The Morgan fingerprint density at radius 3 is 2.74 bits per heavy atom.